The highest BCUT2D eigenvalue weighted by Crippen LogP contribution is 2.22. The van der Waals surface area contributed by atoms with Crippen LogP contribution >= 0.6 is 0 Å². The van der Waals surface area contributed by atoms with E-state index in [0.29, 0.717) is 0 Å². The highest BCUT2D eigenvalue weighted by atomic mass is 16.3. The molecule has 1 atom stereocenters. The predicted molar refractivity (Wildman–Crippen MR) is 142 cm³/mol. The van der Waals surface area contributed by atoms with Crippen molar-refractivity contribution in [3.05, 3.63) is 12.4 Å². The summed E-state index contributed by atoms with van der Waals surface area (Å²) in [5.74, 6) is 1.28. The van der Waals surface area contributed by atoms with Crippen molar-refractivity contribution in [2.75, 3.05) is 19.7 Å². The SMILES string of the molecule is CCCCCCCCCCCCCCCCCCCCC1=NC=C[N+]1(CCO)CCCC. The van der Waals surface area contributed by atoms with Crippen molar-refractivity contribution < 1.29 is 9.59 Å². The normalized spacial score (nSPS) is 17.9. The van der Waals surface area contributed by atoms with Crippen molar-refractivity contribution in [1.82, 2.24) is 0 Å². The van der Waals surface area contributed by atoms with E-state index in [9.17, 15) is 5.11 Å². The minimum atomic E-state index is 0.242. The molecule has 3 nitrogen and oxygen atoms in total. The van der Waals surface area contributed by atoms with Crippen LogP contribution in [0.15, 0.2) is 17.4 Å². The molecule has 1 rings (SSSR count). The van der Waals surface area contributed by atoms with E-state index in [1.807, 2.05) is 6.20 Å². The van der Waals surface area contributed by atoms with Gasteiger partial charge in [0.05, 0.1) is 19.4 Å². The molecule has 0 aromatic carbocycles. The third-order valence-electron chi connectivity index (χ3n) is 7.25. The van der Waals surface area contributed by atoms with Gasteiger partial charge in [-0.15, -0.1) is 0 Å². The van der Waals surface area contributed by atoms with E-state index in [2.05, 4.69) is 25.0 Å². The maximum atomic E-state index is 9.53. The number of nitrogens with zero attached hydrogens (tertiary/aromatic N) is 2. The summed E-state index contributed by atoms with van der Waals surface area (Å²) in [6, 6.07) is 0. The molecule has 0 aliphatic carbocycles. The summed E-state index contributed by atoms with van der Waals surface area (Å²) < 4.78 is 0.809. The largest absolute Gasteiger partial charge is 0.390 e. The Hall–Kier alpha value is -0.670. The minimum Gasteiger partial charge on any atom is -0.390 e. The van der Waals surface area contributed by atoms with Crippen molar-refractivity contribution in [3.63, 3.8) is 0 Å². The van der Waals surface area contributed by atoms with Gasteiger partial charge in [0, 0.05) is 6.42 Å². The Morgan fingerprint density at radius 1 is 0.594 bits per heavy atom. The lowest BCUT2D eigenvalue weighted by atomic mass is 10.0. The molecule has 0 saturated heterocycles. The molecule has 0 saturated carbocycles. The molecule has 0 radical (unpaired) electrons. The van der Waals surface area contributed by atoms with E-state index < -0.39 is 0 Å². The van der Waals surface area contributed by atoms with Crippen molar-refractivity contribution in [1.29, 1.82) is 0 Å². The van der Waals surface area contributed by atoms with Gasteiger partial charge in [-0.1, -0.05) is 129 Å². The van der Waals surface area contributed by atoms with Crippen LogP contribution in [0.1, 0.15) is 149 Å². The van der Waals surface area contributed by atoms with Gasteiger partial charge in [-0.05, 0) is 12.8 Å². The zero-order valence-electron chi connectivity index (χ0n) is 22.0. The van der Waals surface area contributed by atoms with E-state index in [0.717, 1.165) is 24.0 Å². The van der Waals surface area contributed by atoms with Crippen LogP contribution in [0.4, 0.5) is 0 Å². The van der Waals surface area contributed by atoms with Crippen molar-refractivity contribution >= 4 is 5.84 Å². The fourth-order valence-electron chi connectivity index (χ4n) is 5.06. The van der Waals surface area contributed by atoms with Crippen LogP contribution in [0.2, 0.25) is 0 Å². The molecule has 0 aromatic rings. The maximum absolute atomic E-state index is 9.53. The fraction of sp³-hybridized carbons (Fsp3) is 0.897. The molecular weight excluding hydrogens is 392 g/mol. The second kappa shape index (κ2) is 20.9. The first-order valence-electron chi connectivity index (χ1n) is 14.5. The second-order valence-corrected chi connectivity index (χ2v) is 10.2. The number of hydrogen-bond acceptors (Lipinski definition) is 2. The van der Waals surface area contributed by atoms with Gasteiger partial charge in [0.15, 0.2) is 0 Å². The van der Waals surface area contributed by atoms with E-state index >= 15 is 0 Å². The fourth-order valence-corrected chi connectivity index (χ4v) is 5.06. The van der Waals surface area contributed by atoms with Gasteiger partial charge in [0.1, 0.15) is 12.7 Å². The average Bonchev–Trinajstić information content (AvgIpc) is 3.19. The summed E-state index contributed by atoms with van der Waals surface area (Å²) in [6.07, 6.45) is 33.2. The zero-order chi connectivity index (χ0) is 23.2. The number of unbranched alkanes of at least 4 members (excludes halogenated alkanes) is 18. The molecule has 0 fully saturated rings. The van der Waals surface area contributed by atoms with Crippen molar-refractivity contribution in [2.24, 2.45) is 4.99 Å². The number of aliphatic hydroxyl groups is 1. The standard InChI is InChI=1S/C29H57N2O/c1-3-5-7-8-9-10-11-12-13-14-15-16-17-18-19-20-21-22-23-29-30-24-26-31(29,27-28-32)25-6-4-2/h24,26,32H,3-23,25,27-28H2,1-2H3/q+1. The smallest absolute Gasteiger partial charge is 0.207 e. The first-order chi connectivity index (χ1) is 15.8. The Labute approximate surface area is 201 Å². The molecule has 0 bridgehead atoms. The van der Waals surface area contributed by atoms with E-state index in [4.69, 9.17) is 0 Å². The van der Waals surface area contributed by atoms with E-state index in [-0.39, 0.29) is 6.61 Å². The quantitative estimate of drug-likeness (QED) is 0.116. The van der Waals surface area contributed by atoms with Crippen LogP contribution in [-0.2, 0) is 0 Å². The van der Waals surface area contributed by atoms with Gasteiger partial charge in [0.2, 0.25) is 5.84 Å². The third-order valence-corrected chi connectivity index (χ3v) is 7.25. The molecule has 32 heavy (non-hydrogen) atoms. The summed E-state index contributed by atoms with van der Waals surface area (Å²) >= 11 is 0. The number of aliphatic hydroxyl groups excluding tert-OH is 1. The zero-order valence-corrected chi connectivity index (χ0v) is 22.0. The summed E-state index contributed by atoms with van der Waals surface area (Å²) in [5, 5.41) is 9.53. The van der Waals surface area contributed by atoms with Gasteiger partial charge in [-0.25, -0.2) is 9.48 Å². The molecule has 3 heteroatoms. The molecule has 1 N–H and O–H groups in total. The summed E-state index contributed by atoms with van der Waals surface area (Å²) in [4.78, 5) is 4.67. The minimum absolute atomic E-state index is 0.242. The van der Waals surface area contributed by atoms with Gasteiger partial charge >= 0.3 is 0 Å². The summed E-state index contributed by atoms with van der Waals surface area (Å²) in [7, 11) is 0. The second-order valence-electron chi connectivity index (χ2n) is 10.2. The Morgan fingerprint density at radius 3 is 1.47 bits per heavy atom. The molecule has 1 unspecified atom stereocenters. The van der Waals surface area contributed by atoms with Crippen LogP contribution in [0.3, 0.4) is 0 Å². The van der Waals surface area contributed by atoms with Crippen LogP contribution in [-0.4, -0.2) is 35.1 Å². The van der Waals surface area contributed by atoms with E-state index in [1.165, 1.54) is 134 Å². The average molecular weight is 450 g/mol. The molecule has 1 heterocycles. The summed E-state index contributed by atoms with van der Waals surface area (Å²) in [5.41, 5.74) is 0. The van der Waals surface area contributed by atoms with Gasteiger partial charge in [0.25, 0.3) is 0 Å². The highest BCUT2D eigenvalue weighted by molar-refractivity contribution is 5.78. The van der Waals surface area contributed by atoms with E-state index in [1.54, 1.807) is 0 Å². The van der Waals surface area contributed by atoms with Gasteiger partial charge in [-0.2, -0.15) is 0 Å². The number of amidine groups is 1. The Balaban J connectivity index is 1.89. The maximum Gasteiger partial charge on any atom is 0.207 e. The highest BCUT2D eigenvalue weighted by Gasteiger charge is 2.33. The Bertz CT molecular complexity index is 474. The van der Waals surface area contributed by atoms with Gasteiger partial charge in [-0.3, -0.25) is 0 Å². The number of quaternary nitrogens is 1. The van der Waals surface area contributed by atoms with Crippen LogP contribution < -0.4 is 0 Å². The number of rotatable bonds is 24. The van der Waals surface area contributed by atoms with Gasteiger partial charge < -0.3 is 5.11 Å². The topological polar surface area (TPSA) is 32.6 Å². The molecule has 0 spiro atoms. The molecular formula is C29H57N2O+. The predicted octanol–water partition coefficient (Wildman–Crippen LogP) is 8.91. The Kier molecular flexibility index (Phi) is 19.2. The van der Waals surface area contributed by atoms with Crippen LogP contribution in [0, 0.1) is 0 Å². The lowest BCUT2D eigenvalue weighted by molar-refractivity contribution is -0.788. The molecule has 1 aliphatic rings. The number of hydrogen-bond donors (Lipinski definition) is 1. The molecule has 1 aliphatic heterocycles. The van der Waals surface area contributed by atoms with Crippen molar-refractivity contribution in [3.8, 4) is 0 Å². The first kappa shape index (κ1) is 29.4. The van der Waals surface area contributed by atoms with Crippen LogP contribution in [0.5, 0.6) is 0 Å². The third kappa shape index (κ3) is 13.8. The molecule has 188 valence electrons. The summed E-state index contributed by atoms with van der Waals surface area (Å²) in [6.45, 7) is 6.65. The van der Waals surface area contributed by atoms with Crippen LogP contribution in [0.25, 0.3) is 0 Å². The lowest BCUT2D eigenvalue weighted by Crippen LogP contribution is -2.49. The lowest BCUT2D eigenvalue weighted by Gasteiger charge is -2.32. The monoisotopic (exact) mass is 449 g/mol. The van der Waals surface area contributed by atoms with Crippen molar-refractivity contribution in [2.45, 2.75) is 149 Å². The number of aliphatic imine (C=N–C) groups is 1. The molecule has 0 amide bonds. The first-order valence-corrected chi connectivity index (χ1v) is 14.5. The molecule has 0 aromatic heterocycles. The Morgan fingerprint density at radius 2 is 1.03 bits per heavy atom.